The molecule has 0 rings (SSSR count). The Hall–Kier alpha value is -1.59. The fraction of sp³-hybridized carbons (Fsp3) is 0.939. The molecule has 0 amide bonds. The van der Waals surface area contributed by atoms with E-state index in [9.17, 15) is 14.4 Å². The molecule has 0 saturated carbocycles. The molecule has 0 fully saturated rings. The molecule has 0 heterocycles. The number of hydrogen-bond acceptors (Lipinski definition) is 6. The Morgan fingerprint density at radius 1 is 0.291 bits per heavy atom. The van der Waals surface area contributed by atoms with Gasteiger partial charge in [0.15, 0.2) is 6.10 Å². The Morgan fingerprint density at radius 3 is 0.727 bits per heavy atom. The molecular weight excluding hydrogens is 685 g/mol. The predicted molar refractivity (Wildman–Crippen MR) is 233 cm³/mol. The Bertz CT molecular complexity index is 813. The van der Waals surface area contributed by atoms with Crippen LogP contribution in [0.25, 0.3) is 0 Å². The molecule has 0 unspecified atom stereocenters. The van der Waals surface area contributed by atoms with Crippen molar-refractivity contribution in [3.63, 3.8) is 0 Å². The van der Waals surface area contributed by atoms with Crippen molar-refractivity contribution in [3.05, 3.63) is 0 Å². The zero-order valence-corrected chi connectivity index (χ0v) is 37.2. The molecule has 0 bridgehead atoms. The molecule has 1 atom stereocenters. The SMILES string of the molecule is CCCCCCCCCCCCCCCC(=O)OC[C@H](COC(=O)CCCCCCCCCCCCC)OC(=O)CCCCCCCCCCCCCCC. The van der Waals surface area contributed by atoms with Crippen LogP contribution in [0.15, 0.2) is 0 Å². The lowest BCUT2D eigenvalue weighted by Crippen LogP contribution is -2.30. The van der Waals surface area contributed by atoms with Crippen molar-refractivity contribution < 1.29 is 28.6 Å². The molecule has 0 aromatic carbocycles. The molecule has 0 aromatic heterocycles. The van der Waals surface area contributed by atoms with Crippen LogP contribution in [0, 0.1) is 0 Å². The van der Waals surface area contributed by atoms with Crippen LogP contribution in [0.3, 0.4) is 0 Å². The Morgan fingerprint density at radius 2 is 0.491 bits per heavy atom. The third kappa shape index (κ3) is 43.4. The number of hydrogen-bond donors (Lipinski definition) is 0. The van der Waals surface area contributed by atoms with Crippen molar-refractivity contribution in [2.75, 3.05) is 13.2 Å². The van der Waals surface area contributed by atoms with Gasteiger partial charge >= 0.3 is 17.9 Å². The van der Waals surface area contributed by atoms with Gasteiger partial charge in [0, 0.05) is 19.3 Å². The highest BCUT2D eigenvalue weighted by atomic mass is 16.6. The van der Waals surface area contributed by atoms with Gasteiger partial charge in [-0.2, -0.15) is 0 Å². The fourth-order valence-corrected chi connectivity index (χ4v) is 7.38. The average Bonchev–Trinajstić information content (AvgIpc) is 3.18. The number of carbonyl (C=O) groups excluding carboxylic acids is 3. The molecule has 6 heteroatoms. The summed E-state index contributed by atoms with van der Waals surface area (Å²) in [6.07, 6.45) is 46.5. The number of esters is 3. The first kappa shape index (κ1) is 53.4. The van der Waals surface area contributed by atoms with E-state index in [4.69, 9.17) is 14.2 Å². The summed E-state index contributed by atoms with van der Waals surface area (Å²) in [5, 5.41) is 0. The van der Waals surface area contributed by atoms with E-state index in [1.807, 2.05) is 0 Å². The molecule has 0 aliphatic rings. The molecular formula is C49H94O6. The maximum atomic E-state index is 12.7. The van der Waals surface area contributed by atoms with Gasteiger partial charge in [0.1, 0.15) is 13.2 Å². The van der Waals surface area contributed by atoms with Crippen LogP contribution < -0.4 is 0 Å². The van der Waals surface area contributed by atoms with Crippen molar-refractivity contribution >= 4 is 17.9 Å². The summed E-state index contributed by atoms with van der Waals surface area (Å²) < 4.78 is 16.8. The minimum Gasteiger partial charge on any atom is -0.462 e. The first-order chi connectivity index (χ1) is 27.0. The van der Waals surface area contributed by atoms with Crippen LogP contribution in [0.1, 0.15) is 278 Å². The van der Waals surface area contributed by atoms with Crippen LogP contribution >= 0.6 is 0 Å². The van der Waals surface area contributed by atoms with Crippen LogP contribution in [0.5, 0.6) is 0 Å². The van der Waals surface area contributed by atoms with E-state index in [0.717, 1.165) is 57.8 Å². The number of rotatable bonds is 45. The molecule has 0 aliphatic heterocycles. The summed E-state index contributed by atoms with van der Waals surface area (Å²) in [6.45, 7) is 6.66. The standard InChI is InChI=1S/C49H94O6/c1-4-7-10-13-16-19-22-24-27-30-33-36-39-42-48(51)54-45-46(44-53-47(50)41-38-35-32-29-26-21-18-15-12-9-6-3)55-49(52)43-40-37-34-31-28-25-23-20-17-14-11-8-5-2/h46H,4-45H2,1-3H3/t46-/m0/s1. The van der Waals surface area contributed by atoms with E-state index < -0.39 is 6.10 Å². The molecule has 326 valence electrons. The minimum atomic E-state index is -0.758. The summed E-state index contributed by atoms with van der Waals surface area (Å²) in [6, 6.07) is 0. The third-order valence-corrected chi connectivity index (χ3v) is 11.1. The van der Waals surface area contributed by atoms with Gasteiger partial charge in [-0.05, 0) is 19.3 Å². The minimum absolute atomic E-state index is 0.0622. The Kier molecular flexibility index (Phi) is 43.8. The topological polar surface area (TPSA) is 78.9 Å². The maximum Gasteiger partial charge on any atom is 0.306 e. The molecule has 0 saturated heterocycles. The van der Waals surface area contributed by atoms with Gasteiger partial charge in [0.05, 0.1) is 0 Å². The van der Waals surface area contributed by atoms with Gasteiger partial charge in [-0.25, -0.2) is 0 Å². The summed E-state index contributed by atoms with van der Waals surface area (Å²) in [5.41, 5.74) is 0. The van der Waals surface area contributed by atoms with Crippen LogP contribution in [-0.2, 0) is 28.6 Å². The first-order valence-electron chi connectivity index (χ1n) is 24.5. The van der Waals surface area contributed by atoms with Gasteiger partial charge in [-0.3, -0.25) is 14.4 Å². The van der Waals surface area contributed by atoms with Crippen molar-refractivity contribution in [1.82, 2.24) is 0 Å². The smallest absolute Gasteiger partial charge is 0.306 e. The molecule has 55 heavy (non-hydrogen) atoms. The summed E-state index contributed by atoms with van der Waals surface area (Å²) in [7, 11) is 0. The third-order valence-electron chi connectivity index (χ3n) is 11.1. The highest BCUT2D eigenvalue weighted by Crippen LogP contribution is 2.16. The normalized spacial score (nSPS) is 11.8. The summed E-state index contributed by atoms with van der Waals surface area (Å²) >= 11 is 0. The maximum absolute atomic E-state index is 12.7. The van der Waals surface area contributed by atoms with Gasteiger partial charge in [0.25, 0.3) is 0 Å². The van der Waals surface area contributed by atoms with E-state index in [0.29, 0.717) is 19.3 Å². The average molecular weight is 779 g/mol. The molecule has 0 spiro atoms. The van der Waals surface area contributed by atoms with Crippen molar-refractivity contribution in [3.8, 4) is 0 Å². The van der Waals surface area contributed by atoms with E-state index in [1.165, 1.54) is 180 Å². The molecule has 0 aromatic rings. The molecule has 0 aliphatic carbocycles. The van der Waals surface area contributed by atoms with Gasteiger partial charge in [-0.15, -0.1) is 0 Å². The largest absolute Gasteiger partial charge is 0.462 e. The predicted octanol–water partition coefficient (Wildman–Crippen LogP) is 15.6. The second-order valence-electron chi connectivity index (χ2n) is 16.7. The lowest BCUT2D eigenvalue weighted by molar-refractivity contribution is -0.167. The van der Waals surface area contributed by atoms with E-state index in [2.05, 4.69) is 20.8 Å². The van der Waals surface area contributed by atoms with Crippen LogP contribution in [0.4, 0.5) is 0 Å². The van der Waals surface area contributed by atoms with E-state index in [-0.39, 0.29) is 31.1 Å². The van der Waals surface area contributed by atoms with Gasteiger partial charge < -0.3 is 14.2 Å². The summed E-state index contributed by atoms with van der Waals surface area (Å²) in [4.78, 5) is 37.8. The monoisotopic (exact) mass is 779 g/mol. The van der Waals surface area contributed by atoms with Crippen LogP contribution in [-0.4, -0.2) is 37.2 Å². The Labute approximate surface area is 342 Å². The second-order valence-corrected chi connectivity index (χ2v) is 16.7. The van der Waals surface area contributed by atoms with Gasteiger partial charge in [-0.1, -0.05) is 239 Å². The Balaban J connectivity index is 4.31. The number of unbranched alkanes of at least 4 members (excludes halogenated alkanes) is 34. The molecule has 6 nitrogen and oxygen atoms in total. The quantitative estimate of drug-likeness (QED) is 0.0348. The number of ether oxygens (including phenoxy) is 3. The van der Waals surface area contributed by atoms with Gasteiger partial charge in [0.2, 0.25) is 0 Å². The fourth-order valence-electron chi connectivity index (χ4n) is 7.38. The highest BCUT2D eigenvalue weighted by molar-refractivity contribution is 5.71. The van der Waals surface area contributed by atoms with Crippen molar-refractivity contribution in [1.29, 1.82) is 0 Å². The highest BCUT2D eigenvalue weighted by Gasteiger charge is 2.19. The second kappa shape index (κ2) is 45.1. The molecule has 0 N–H and O–H groups in total. The zero-order valence-electron chi connectivity index (χ0n) is 37.2. The van der Waals surface area contributed by atoms with E-state index >= 15 is 0 Å². The lowest BCUT2D eigenvalue weighted by atomic mass is 10.0. The molecule has 0 radical (unpaired) electrons. The zero-order chi connectivity index (χ0) is 40.1. The number of carbonyl (C=O) groups is 3. The van der Waals surface area contributed by atoms with Crippen molar-refractivity contribution in [2.24, 2.45) is 0 Å². The van der Waals surface area contributed by atoms with Crippen molar-refractivity contribution in [2.45, 2.75) is 284 Å². The van der Waals surface area contributed by atoms with Crippen LogP contribution in [0.2, 0.25) is 0 Å². The van der Waals surface area contributed by atoms with E-state index in [1.54, 1.807) is 0 Å². The lowest BCUT2D eigenvalue weighted by Gasteiger charge is -2.18. The summed E-state index contributed by atoms with van der Waals surface area (Å²) in [5.74, 6) is -0.846. The first-order valence-corrected chi connectivity index (χ1v) is 24.5.